The minimum atomic E-state index is 0.366. The van der Waals surface area contributed by atoms with E-state index in [0.29, 0.717) is 5.41 Å². The Morgan fingerprint density at radius 1 is 1.17 bits per heavy atom. The van der Waals surface area contributed by atoms with Gasteiger partial charge in [-0.25, -0.2) is 0 Å². The highest BCUT2D eigenvalue weighted by molar-refractivity contribution is 5.31. The van der Waals surface area contributed by atoms with Crippen LogP contribution in [0.15, 0.2) is 24.3 Å². The first-order valence-electron chi connectivity index (χ1n) is 7.50. The summed E-state index contributed by atoms with van der Waals surface area (Å²) in [6, 6.07) is 8.91. The van der Waals surface area contributed by atoms with Crippen LogP contribution in [0.5, 0.6) is 0 Å². The van der Waals surface area contributed by atoms with Crippen LogP contribution < -0.4 is 5.73 Å². The third-order valence-corrected chi connectivity index (χ3v) is 4.92. The first-order valence-corrected chi connectivity index (χ1v) is 7.50. The van der Waals surface area contributed by atoms with E-state index in [1.807, 2.05) is 0 Å². The highest BCUT2D eigenvalue weighted by Gasteiger charge is 2.34. The maximum Gasteiger partial charge on any atom is -0.00171 e. The number of hydrogen-bond acceptors (Lipinski definition) is 1. The minimum Gasteiger partial charge on any atom is -0.330 e. The van der Waals surface area contributed by atoms with Gasteiger partial charge in [0, 0.05) is 0 Å². The average Bonchev–Trinajstić information content (AvgIpc) is 2.44. The Labute approximate surface area is 112 Å². The Kier molecular flexibility index (Phi) is 4.45. The maximum absolute atomic E-state index is 6.15. The molecule has 0 spiro atoms. The van der Waals surface area contributed by atoms with Gasteiger partial charge >= 0.3 is 0 Å². The zero-order valence-electron chi connectivity index (χ0n) is 11.9. The van der Waals surface area contributed by atoms with Crippen LogP contribution >= 0.6 is 0 Å². The summed E-state index contributed by atoms with van der Waals surface area (Å²) in [7, 11) is 0. The van der Waals surface area contributed by atoms with Crippen molar-refractivity contribution in [3.05, 3.63) is 35.4 Å². The highest BCUT2D eigenvalue weighted by Crippen LogP contribution is 2.40. The van der Waals surface area contributed by atoms with Crippen molar-refractivity contribution in [1.29, 1.82) is 0 Å². The first kappa shape index (κ1) is 13.6. The van der Waals surface area contributed by atoms with Crippen molar-refractivity contribution in [2.24, 2.45) is 17.1 Å². The smallest absolute Gasteiger partial charge is 0.00171 e. The van der Waals surface area contributed by atoms with Gasteiger partial charge in [-0.2, -0.15) is 0 Å². The second-order valence-corrected chi connectivity index (χ2v) is 6.04. The molecule has 1 aromatic carbocycles. The fourth-order valence-electron chi connectivity index (χ4n) is 3.49. The zero-order valence-corrected chi connectivity index (χ0v) is 11.9. The molecule has 1 nitrogen and oxygen atoms in total. The van der Waals surface area contributed by atoms with E-state index in [4.69, 9.17) is 5.73 Å². The Morgan fingerprint density at radius 3 is 2.44 bits per heavy atom. The van der Waals surface area contributed by atoms with Gasteiger partial charge in [0.1, 0.15) is 0 Å². The lowest BCUT2D eigenvalue weighted by Gasteiger charge is -2.39. The molecule has 18 heavy (non-hydrogen) atoms. The number of benzene rings is 1. The fourth-order valence-corrected chi connectivity index (χ4v) is 3.49. The predicted octanol–water partition coefficient (Wildman–Crippen LogP) is 3.95. The Morgan fingerprint density at radius 2 is 1.83 bits per heavy atom. The summed E-state index contributed by atoms with van der Waals surface area (Å²) in [5.41, 5.74) is 9.61. The predicted molar refractivity (Wildman–Crippen MR) is 78.6 cm³/mol. The summed E-state index contributed by atoms with van der Waals surface area (Å²) in [6.45, 7) is 5.47. The lowest BCUT2D eigenvalue weighted by atomic mass is 9.66. The van der Waals surface area contributed by atoms with E-state index >= 15 is 0 Å². The van der Waals surface area contributed by atoms with E-state index < -0.39 is 0 Å². The highest BCUT2D eigenvalue weighted by atomic mass is 14.6. The standard InChI is InChI=1S/C17H27N/c1-3-14(4-2)11-17(13-18)10-9-15-7-5-6-8-16(15)12-17/h5-8,14H,3-4,9-13,18H2,1-2H3. The van der Waals surface area contributed by atoms with Crippen LogP contribution in [0.25, 0.3) is 0 Å². The van der Waals surface area contributed by atoms with Crippen molar-refractivity contribution >= 4 is 0 Å². The summed E-state index contributed by atoms with van der Waals surface area (Å²) in [5.74, 6) is 0.846. The molecule has 0 saturated heterocycles. The number of fused-ring (bicyclic) bond motifs is 1. The first-order chi connectivity index (χ1) is 8.73. The molecule has 1 aliphatic carbocycles. The number of hydrogen-bond donors (Lipinski definition) is 1. The molecular weight excluding hydrogens is 218 g/mol. The summed E-state index contributed by atoms with van der Waals surface area (Å²) in [6.07, 6.45) is 7.57. The van der Waals surface area contributed by atoms with E-state index in [9.17, 15) is 0 Å². The molecule has 0 bridgehead atoms. The second-order valence-electron chi connectivity index (χ2n) is 6.04. The van der Waals surface area contributed by atoms with Gasteiger partial charge in [0.25, 0.3) is 0 Å². The van der Waals surface area contributed by atoms with Gasteiger partial charge in [0.15, 0.2) is 0 Å². The van der Waals surface area contributed by atoms with Crippen LogP contribution in [0.4, 0.5) is 0 Å². The molecule has 1 heteroatoms. The molecule has 0 radical (unpaired) electrons. The van der Waals surface area contributed by atoms with Crippen LogP contribution in [0.1, 0.15) is 50.7 Å². The van der Waals surface area contributed by atoms with Gasteiger partial charge in [0.05, 0.1) is 0 Å². The topological polar surface area (TPSA) is 26.0 Å². The van der Waals surface area contributed by atoms with E-state index in [1.165, 1.54) is 38.5 Å². The van der Waals surface area contributed by atoms with Gasteiger partial charge in [-0.3, -0.25) is 0 Å². The molecule has 0 saturated carbocycles. The van der Waals surface area contributed by atoms with E-state index in [0.717, 1.165) is 12.5 Å². The summed E-state index contributed by atoms with van der Waals surface area (Å²) in [4.78, 5) is 0. The van der Waals surface area contributed by atoms with Crippen LogP contribution in [-0.2, 0) is 12.8 Å². The molecule has 0 heterocycles. The molecule has 0 amide bonds. The summed E-state index contributed by atoms with van der Waals surface area (Å²) < 4.78 is 0. The molecule has 0 aromatic heterocycles. The van der Waals surface area contributed by atoms with E-state index in [-0.39, 0.29) is 0 Å². The molecule has 2 N–H and O–H groups in total. The van der Waals surface area contributed by atoms with Gasteiger partial charge in [0.2, 0.25) is 0 Å². The molecular formula is C17H27N. The van der Waals surface area contributed by atoms with Crippen molar-refractivity contribution in [3.8, 4) is 0 Å². The second kappa shape index (κ2) is 5.88. The summed E-state index contributed by atoms with van der Waals surface area (Å²) in [5, 5.41) is 0. The largest absolute Gasteiger partial charge is 0.330 e. The lowest BCUT2D eigenvalue weighted by molar-refractivity contribution is 0.186. The van der Waals surface area contributed by atoms with Crippen molar-refractivity contribution < 1.29 is 0 Å². The number of rotatable bonds is 5. The quantitative estimate of drug-likeness (QED) is 0.835. The average molecular weight is 245 g/mol. The SMILES string of the molecule is CCC(CC)CC1(CN)CCc2ccccc2C1. The molecule has 1 aliphatic rings. The number of aryl methyl sites for hydroxylation is 1. The normalized spacial score (nSPS) is 23.1. The Balaban J connectivity index is 2.16. The Bertz CT molecular complexity index is 381. The van der Waals surface area contributed by atoms with Crippen LogP contribution in [-0.4, -0.2) is 6.54 Å². The number of nitrogens with two attached hydrogens (primary N) is 1. The lowest BCUT2D eigenvalue weighted by Crippen LogP contribution is -2.38. The fraction of sp³-hybridized carbons (Fsp3) is 0.647. The van der Waals surface area contributed by atoms with Crippen molar-refractivity contribution in [1.82, 2.24) is 0 Å². The van der Waals surface area contributed by atoms with Crippen LogP contribution in [0.2, 0.25) is 0 Å². The van der Waals surface area contributed by atoms with Crippen molar-refractivity contribution in [2.45, 2.75) is 52.4 Å². The molecule has 0 fully saturated rings. The monoisotopic (exact) mass is 245 g/mol. The third-order valence-electron chi connectivity index (χ3n) is 4.92. The maximum atomic E-state index is 6.15. The molecule has 1 aromatic rings. The van der Waals surface area contributed by atoms with Crippen LogP contribution in [0, 0.1) is 11.3 Å². The minimum absolute atomic E-state index is 0.366. The van der Waals surface area contributed by atoms with Crippen molar-refractivity contribution in [3.63, 3.8) is 0 Å². The van der Waals surface area contributed by atoms with E-state index in [1.54, 1.807) is 11.1 Å². The molecule has 1 atom stereocenters. The van der Waals surface area contributed by atoms with Gasteiger partial charge in [-0.15, -0.1) is 0 Å². The molecule has 100 valence electrons. The summed E-state index contributed by atoms with van der Waals surface area (Å²) >= 11 is 0. The van der Waals surface area contributed by atoms with Crippen LogP contribution in [0.3, 0.4) is 0 Å². The molecule has 0 aliphatic heterocycles. The van der Waals surface area contributed by atoms with Gasteiger partial charge < -0.3 is 5.73 Å². The zero-order chi connectivity index (χ0) is 13.0. The van der Waals surface area contributed by atoms with Gasteiger partial charge in [-0.1, -0.05) is 51.0 Å². The molecule has 1 unspecified atom stereocenters. The van der Waals surface area contributed by atoms with E-state index in [2.05, 4.69) is 38.1 Å². The Hall–Kier alpha value is -0.820. The third kappa shape index (κ3) is 2.77. The molecule has 2 rings (SSSR count). The van der Waals surface area contributed by atoms with Crippen molar-refractivity contribution in [2.75, 3.05) is 6.54 Å². The van der Waals surface area contributed by atoms with Gasteiger partial charge in [-0.05, 0) is 54.7 Å².